The normalized spacial score (nSPS) is 25.2. The van der Waals surface area contributed by atoms with E-state index in [1.165, 1.54) is 11.2 Å². The first kappa shape index (κ1) is 14.1. The number of nitrogens with zero attached hydrogens (tertiary/aromatic N) is 1. The standard InChI is InChI=1S/C15H19NO5/c17-14(13-6-3-9-20-13)16-7-1-5-12(16)15(18)21-10-11-4-2-8-19-11/h3,6,9,11-12H,1-2,4-5,7-8,10H2/t11-,12-/m0/s1. The van der Waals surface area contributed by atoms with Crippen molar-refractivity contribution in [2.45, 2.75) is 37.8 Å². The van der Waals surface area contributed by atoms with Crippen molar-refractivity contribution in [2.24, 2.45) is 0 Å². The molecule has 0 radical (unpaired) electrons. The van der Waals surface area contributed by atoms with Crippen LogP contribution < -0.4 is 0 Å². The van der Waals surface area contributed by atoms with Crippen LogP contribution in [0.3, 0.4) is 0 Å². The zero-order valence-corrected chi connectivity index (χ0v) is 11.8. The van der Waals surface area contributed by atoms with Gasteiger partial charge in [0.2, 0.25) is 0 Å². The molecule has 2 saturated heterocycles. The average Bonchev–Trinajstić information content (AvgIpc) is 3.26. The molecule has 6 heteroatoms. The van der Waals surface area contributed by atoms with Crippen molar-refractivity contribution < 1.29 is 23.5 Å². The van der Waals surface area contributed by atoms with Crippen molar-refractivity contribution in [1.29, 1.82) is 0 Å². The second-order valence-corrected chi connectivity index (χ2v) is 5.40. The predicted molar refractivity (Wildman–Crippen MR) is 72.7 cm³/mol. The van der Waals surface area contributed by atoms with Gasteiger partial charge in [-0.15, -0.1) is 0 Å². The summed E-state index contributed by atoms with van der Waals surface area (Å²) in [6, 6.07) is 2.76. The molecule has 2 aliphatic rings. The van der Waals surface area contributed by atoms with E-state index in [2.05, 4.69) is 0 Å². The van der Waals surface area contributed by atoms with Gasteiger partial charge in [0.05, 0.1) is 12.4 Å². The Labute approximate surface area is 123 Å². The summed E-state index contributed by atoms with van der Waals surface area (Å²) < 4.78 is 15.9. The van der Waals surface area contributed by atoms with Crippen LogP contribution in [0.2, 0.25) is 0 Å². The Morgan fingerprint density at radius 1 is 1.33 bits per heavy atom. The predicted octanol–water partition coefficient (Wildman–Crippen LogP) is 1.61. The molecule has 114 valence electrons. The zero-order valence-electron chi connectivity index (χ0n) is 11.8. The Morgan fingerprint density at radius 3 is 2.95 bits per heavy atom. The third-order valence-corrected chi connectivity index (χ3v) is 3.95. The van der Waals surface area contributed by atoms with Gasteiger partial charge in [-0.2, -0.15) is 0 Å². The molecule has 0 spiro atoms. The van der Waals surface area contributed by atoms with Gasteiger partial charge in [-0.05, 0) is 37.8 Å². The Balaban J connectivity index is 1.58. The number of furan rings is 1. The van der Waals surface area contributed by atoms with Crippen LogP contribution in [0.5, 0.6) is 0 Å². The van der Waals surface area contributed by atoms with E-state index >= 15 is 0 Å². The average molecular weight is 293 g/mol. The van der Waals surface area contributed by atoms with E-state index in [1.54, 1.807) is 12.1 Å². The number of hydrogen-bond acceptors (Lipinski definition) is 5. The highest BCUT2D eigenvalue weighted by Crippen LogP contribution is 2.22. The summed E-state index contributed by atoms with van der Waals surface area (Å²) in [6.07, 6.45) is 4.82. The van der Waals surface area contributed by atoms with E-state index in [0.717, 1.165) is 25.9 Å². The number of hydrogen-bond donors (Lipinski definition) is 0. The highest BCUT2D eigenvalue weighted by molar-refractivity contribution is 5.94. The van der Waals surface area contributed by atoms with Crippen LogP contribution in [0.25, 0.3) is 0 Å². The smallest absolute Gasteiger partial charge is 0.328 e. The first-order valence-corrected chi connectivity index (χ1v) is 7.38. The number of carbonyl (C=O) groups is 2. The van der Waals surface area contributed by atoms with Crippen LogP contribution in [0.15, 0.2) is 22.8 Å². The SMILES string of the molecule is O=C(OC[C@@H]1CCCO1)[C@@H]1CCCN1C(=O)c1ccco1. The maximum atomic E-state index is 12.3. The molecule has 0 unspecified atom stereocenters. The van der Waals surface area contributed by atoms with Gasteiger partial charge in [-0.3, -0.25) is 4.79 Å². The van der Waals surface area contributed by atoms with Gasteiger partial charge in [0.25, 0.3) is 5.91 Å². The minimum atomic E-state index is -0.510. The number of esters is 1. The number of carbonyl (C=O) groups excluding carboxylic acids is 2. The van der Waals surface area contributed by atoms with Gasteiger partial charge >= 0.3 is 5.97 Å². The maximum absolute atomic E-state index is 12.3. The number of amides is 1. The Kier molecular flexibility index (Phi) is 4.24. The van der Waals surface area contributed by atoms with E-state index in [0.29, 0.717) is 13.0 Å². The quantitative estimate of drug-likeness (QED) is 0.789. The Bertz CT molecular complexity index is 492. The van der Waals surface area contributed by atoms with Crippen molar-refractivity contribution in [2.75, 3.05) is 19.8 Å². The van der Waals surface area contributed by atoms with E-state index < -0.39 is 6.04 Å². The molecule has 2 atom stereocenters. The molecule has 1 aromatic heterocycles. The van der Waals surface area contributed by atoms with E-state index in [1.807, 2.05) is 0 Å². The van der Waals surface area contributed by atoms with Gasteiger partial charge in [0, 0.05) is 13.2 Å². The van der Waals surface area contributed by atoms with Crippen molar-refractivity contribution in [1.82, 2.24) is 4.90 Å². The number of rotatable bonds is 4. The molecule has 1 aromatic rings. The molecule has 1 amide bonds. The lowest BCUT2D eigenvalue weighted by Gasteiger charge is -2.22. The highest BCUT2D eigenvalue weighted by Gasteiger charge is 2.37. The zero-order chi connectivity index (χ0) is 14.7. The Morgan fingerprint density at radius 2 is 2.24 bits per heavy atom. The third kappa shape index (κ3) is 3.10. The van der Waals surface area contributed by atoms with Crippen molar-refractivity contribution in [3.05, 3.63) is 24.2 Å². The van der Waals surface area contributed by atoms with Gasteiger partial charge in [0.15, 0.2) is 5.76 Å². The van der Waals surface area contributed by atoms with Crippen molar-refractivity contribution in [3.8, 4) is 0 Å². The second-order valence-electron chi connectivity index (χ2n) is 5.40. The summed E-state index contributed by atoms with van der Waals surface area (Å²) in [5, 5.41) is 0. The molecule has 21 heavy (non-hydrogen) atoms. The molecular weight excluding hydrogens is 274 g/mol. The highest BCUT2D eigenvalue weighted by atomic mass is 16.6. The van der Waals surface area contributed by atoms with Crippen LogP contribution in [-0.4, -0.2) is 48.7 Å². The summed E-state index contributed by atoms with van der Waals surface area (Å²) in [4.78, 5) is 26.0. The van der Waals surface area contributed by atoms with Gasteiger partial charge in [-0.25, -0.2) is 4.79 Å². The number of likely N-dealkylation sites (tertiary alicyclic amines) is 1. The molecular formula is C15H19NO5. The summed E-state index contributed by atoms with van der Waals surface area (Å²) in [5.41, 5.74) is 0. The first-order valence-electron chi connectivity index (χ1n) is 7.38. The van der Waals surface area contributed by atoms with E-state index in [9.17, 15) is 9.59 Å². The minimum absolute atomic E-state index is 0.00424. The molecule has 0 saturated carbocycles. The fraction of sp³-hybridized carbons (Fsp3) is 0.600. The fourth-order valence-electron chi connectivity index (χ4n) is 2.84. The molecule has 6 nitrogen and oxygen atoms in total. The lowest BCUT2D eigenvalue weighted by molar-refractivity contribution is -0.151. The van der Waals surface area contributed by atoms with Crippen molar-refractivity contribution in [3.63, 3.8) is 0 Å². The molecule has 3 rings (SSSR count). The van der Waals surface area contributed by atoms with Gasteiger partial charge in [0.1, 0.15) is 12.6 Å². The van der Waals surface area contributed by atoms with E-state index in [-0.39, 0.29) is 30.3 Å². The molecule has 0 aliphatic carbocycles. The summed E-state index contributed by atoms with van der Waals surface area (Å²) in [6.45, 7) is 1.56. The van der Waals surface area contributed by atoms with Crippen LogP contribution in [0, 0.1) is 0 Å². The van der Waals surface area contributed by atoms with E-state index in [4.69, 9.17) is 13.9 Å². The summed E-state index contributed by atoms with van der Waals surface area (Å²) in [5.74, 6) is -0.340. The minimum Gasteiger partial charge on any atom is -0.461 e. The third-order valence-electron chi connectivity index (χ3n) is 3.95. The lowest BCUT2D eigenvalue weighted by atomic mass is 10.2. The molecule has 0 bridgehead atoms. The lowest BCUT2D eigenvalue weighted by Crippen LogP contribution is -2.41. The molecule has 2 aliphatic heterocycles. The second kappa shape index (κ2) is 6.30. The van der Waals surface area contributed by atoms with Crippen LogP contribution in [-0.2, 0) is 14.3 Å². The summed E-state index contributed by atoms with van der Waals surface area (Å²) >= 11 is 0. The van der Waals surface area contributed by atoms with Crippen LogP contribution >= 0.6 is 0 Å². The van der Waals surface area contributed by atoms with Crippen molar-refractivity contribution >= 4 is 11.9 Å². The Hall–Kier alpha value is -1.82. The first-order chi connectivity index (χ1) is 10.3. The topological polar surface area (TPSA) is 69.0 Å². The largest absolute Gasteiger partial charge is 0.461 e. The van der Waals surface area contributed by atoms with Crippen LogP contribution in [0.1, 0.15) is 36.2 Å². The molecule has 3 heterocycles. The van der Waals surface area contributed by atoms with Gasteiger partial charge in [-0.1, -0.05) is 0 Å². The van der Waals surface area contributed by atoms with Gasteiger partial charge < -0.3 is 18.8 Å². The van der Waals surface area contributed by atoms with Crippen LogP contribution in [0.4, 0.5) is 0 Å². The molecule has 0 aromatic carbocycles. The number of ether oxygens (including phenoxy) is 2. The maximum Gasteiger partial charge on any atom is 0.328 e. The summed E-state index contributed by atoms with van der Waals surface area (Å²) in [7, 11) is 0. The monoisotopic (exact) mass is 293 g/mol. The molecule has 2 fully saturated rings. The molecule has 0 N–H and O–H groups in total. The fourth-order valence-corrected chi connectivity index (χ4v) is 2.84.